The van der Waals surface area contributed by atoms with E-state index >= 15 is 0 Å². The van der Waals surface area contributed by atoms with Gasteiger partial charge in [-0.3, -0.25) is 0 Å². The third kappa shape index (κ3) is 2.47. The molecule has 0 saturated carbocycles. The molecular formula is C12H10ClNO3. The number of nitrogens with zero attached hydrogens (tertiary/aromatic N) is 1. The van der Waals surface area contributed by atoms with Gasteiger partial charge in [0.1, 0.15) is 5.69 Å². The highest BCUT2D eigenvalue weighted by Gasteiger charge is 2.09. The number of hydrogen-bond acceptors (Lipinski definition) is 4. The summed E-state index contributed by atoms with van der Waals surface area (Å²) in [5.74, 6) is 0.474. The number of benzene rings is 1. The molecule has 0 aliphatic rings. The van der Waals surface area contributed by atoms with Gasteiger partial charge in [0.25, 0.3) is 0 Å². The Bertz CT molecular complexity index is 536. The summed E-state index contributed by atoms with van der Waals surface area (Å²) >= 11 is 5.62. The van der Waals surface area contributed by atoms with E-state index in [2.05, 4.69) is 9.89 Å². The van der Waals surface area contributed by atoms with Gasteiger partial charge in [0.2, 0.25) is 0 Å². The Morgan fingerprint density at radius 2 is 2.29 bits per heavy atom. The van der Waals surface area contributed by atoms with E-state index < -0.39 is 0 Å². The molecule has 0 aliphatic carbocycles. The Balaban J connectivity index is 2.35. The van der Waals surface area contributed by atoms with E-state index in [1.165, 1.54) is 7.11 Å². The molecule has 1 aromatic carbocycles. The average Bonchev–Trinajstić information content (AvgIpc) is 2.86. The van der Waals surface area contributed by atoms with Crippen LogP contribution in [0.25, 0.3) is 11.3 Å². The van der Waals surface area contributed by atoms with Gasteiger partial charge in [0.15, 0.2) is 5.76 Å². The topological polar surface area (TPSA) is 52.3 Å². The molecule has 0 spiro atoms. The van der Waals surface area contributed by atoms with Crippen molar-refractivity contribution in [3.8, 4) is 11.3 Å². The molecule has 0 atom stereocenters. The number of halogens is 1. The van der Waals surface area contributed by atoms with Crippen LogP contribution in [0.1, 0.15) is 16.1 Å². The minimum atomic E-state index is -0.382. The summed E-state index contributed by atoms with van der Waals surface area (Å²) in [7, 11) is 1.34. The summed E-state index contributed by atoms with van der Waals surface area (Å²) in [6.45, 7) is 0. The maximum Gasteiger partial charge on any atom is 0.337 e. The number of methoxy groups -OCH3 is 1. The van der Waals surface area contributed by atoms with Crippen LogP contribution in [0.2, 0.25) is 0 Å². The van der Waals surface area contributed by atoms with Crippen LogP contribution in [0, 0.1) is 0 Å². The van der Waals surface area contributed by atoms with Crippen LogP contribution in [-0.2, 0) is 10.6 Å². The number of esters is 1. The Morgan fingerprint density at radius 1 is 1.47 bits per heavy atom. The third-order valence-electron chi connectivity index (χ3n) is 2.27. The van der Waals surface area contributed by atoms with Crippen LogP contribution in [-0.4, -0.2) is 18.2 Å². The number of aromatic nitrogens is 1. The minimum Gasteiger partial charge on any atom is -0.465 e. The van der Waals surface area contributed by atoms with Crippen molar-refractivity contribution in [1.82, 2.24) is 5.16 Å². The van der Waals surface area contributed by atoms with Gasteiger partial charge in [-0.25, -0.2) is 4.79 Å². The Kier molecular flexibility index (Phi) is 3.44. The van der Waals surface area contributed by atoms with Gasteiger partial charge in [-0.2, -0.15) is 0 Å². The second-order valence-electron chi connectivity index (χ2n) is 3.38. The van der Waals surface area contributed by atoms with Crippen LogP contribution in [0.5, 0.6) is 0 Å². The fourth-order valence-electron chi connectivity index (χ4n) is 1.44. The monoisotopic (exact) mass is 251 g/mol. The molecule has 0 unspecified atom stereocenters. The number of carbonyl (C=O) groups excluding carboxylic acids is 1. The fourth-order valence-corrected chi connectivity index (χ4v) is 1.56. The highest BCUT2D eigenvalue weighted by atomic mass is 35.5. The lowest BCUT2D eigenvalue weighted by Gasteiger charge is -2.00. The summed E-state index contributed by atoms with van der Waals surface area (Å²) in [4.78, 5) is 11.4. The van der Waals surface area contributed by atoms with Gasteiger partial charge in [-0.1, -0.05) is 17.3 Å². The number of carbonyl (C=O) groups is 1. The van der Waals surface area contributed by atoms with Gasteiger partial charge in [0.05, 0.1) is 18.6 Å². The number of ether oxygens (including phenoxy) is 1. The lowest BCUT2D eigenvalue weighted by molar-refractivity contribution is 0.0601. The van der Waals surface area contributed by atoms with Gasteiger partial charge in [-0.15, -0.1) is 11.6 Å². The molecular weight excluding hydrogens is 242 g/mol. The second kappa shape index (κ2) is 5.01. The summed E-state index contributed by atoms with van der Waals surface area (Å²) in [5, 5.41) is 3.87. The van der Waals surface area contributed by atoms with Crippen LogP contribution in [0.15, 0.2) is 34.9 Å². The van der Waals surface area contributed by atoms with Gasteiger partial charge in [-0.05, 0) is 12.1 Å². The normalized spacial score (nSPS) is 10.2. The first-order valence-corrected chi connectivity index (χ1v) is 5.48. The van der Waals surface area contributed by atoms with Crippen LogP contribution < -0.4 is 0 Å². The van der Waals surface area contributed by atoms with Crippen molar-refractivity contribution in [2.24, 2.45) is 0 Å². The van der Waals surface area contributed by atoms with Crippen molar-refractivity contribution in [2.45, 2.75) is 5.88 Å². The molecule has 2 rings (SSSR count). The smallest absolute Gasteiger partial charge is 0.337 e. The zero-order chi connectivity index (χ0) is 12.3. The first-order valence-electron chi connectivity index (χ1n) is 4.95. The molecule has 88 valence electrons. The first-order chi connectivity index (χ1) is 8.24. The predicted octanol–water partition coefficient (Wildman–Crippen LogP) is 2.87. The van der Waals surface area contributed by atoms with Crippen molar-refractivity contribution in [1.29, 1.82) is 0 Å². The first kappa shape index (κ1) is 11.7. The van der Waals surface area contributed by atoms with E-state index in [9.17, 15) is 4.79 Å². The molecule has 5 heteroatoms. The molecule has 0 radical (unpaired) electrons. The largest absolute Gasteiger partial charge is 0.465 e. The van der Waals surface area contributed by atoms with E-state index in [-0.39, 0.29) is 11.8 Å². The van der Waals surface area contributed by atoms with Gasteiger partial charge in [0, 0.05) is 11.6 Å². The van der Waals surface area contributed by atoms with E-state index in [4.69, 9.17) is 16.1 Å². The SMILES string of the molecule is COC(=O)c1cccc(-c2cc(CCl)on2)c1. The molecule has 2 aromatic rings. The average molecular weight is 252 g/mol. The predicted molar refractivity (Wildman–Crippen MR) is 62.8 cm³/mol. The Morgan fingerprint density at radius 3 is 2.94 bits per heavy atom. The van der Waals surface area contributed by atoms with Crippen molar-refractivity contribution < 1.29 is 14.1 Å². The maximum absolute atomic E-state index is 11.4. The summed E-state index contributed by atoms with van der Waals surface area (Å²) < 4.78 is 9.65. The van der Waals surface area contributed by atoms with Crippen LogP contribution >= 0.6 is 11.6 Å². The number of rotatable bonds is 3. The molecule has 0 bridgehead atoms. The standard InChI is InChI=1S/C12H10ClNO3/c1-16-12(15)9-4-2-3-8(5-9)11-6-10(7-13)17-14-11/h2-6H,7H2,1H3. The van der Waals surface area contributed by atoms with E-state index in [0.29, 0.717) is 17.0 Å². The lowest BCUT2D eigenvalue weighted by Crippen LogP contribution is -2.00. The minimum absolute atomic E-state index is 0.268. The second-order valence-corrected chi connectivity index (χ2v) is 3.65. The molecule has 17 heavy (non-hydrogen) atoms. The summed E-state index contributed by atoms with van der Waals surface area (Å²) in [6, 6.07) is 8.71. The van der Waals surface area contributed by atoms with E-state index in [0.717, 1.165) is 5.56 Å². The van der Waals surface area contributed by atoms with Gasteiger partial charge >= 0.3 is 5.97 Å². The number of alkyl halides is 1. The molecule has 0 aliphatic heterocycles. The quantitative estimate of drug-likeness (QED) is 0.622. The Labute approximate surface area is 103 Å². The zero-order valence-electron chi connectivity index (χ0n) is 9.14. The molecule has 0 N–H and O–H groups in total. The lowest BCUT2D eigenvalue weighted by atomic mass is 10.1. The van der Waals surface area contributed by atoms with Crippen molar-refractivity contribution in [3.63, 3.8) is 0 Å². The molecule has 1 heterocycles. The molecule has 0 amide bonds. The van der Waals surface area contributed by atoms with Gasteiger partial charge < -0.3 is 9.26 Å². The van der Waals surface area contributed by atoms with Crippen molar-refractivity contribution >= 4 is 17.6 Å². The Hall–Kier alpha value is -1.81. The molecule has 0 fully saturated rings. The third-order valence-corrected chi connectivity index (χ3v) is 2.53. The highest BCUT2D eigenvalue weighted by molar-refractivity contribution is 6.16. The highest BCUT2D eigenvalue weighted by Crippen LogP contribution is 2.21. The number of hydrogen-bond donors (Lipinski definition) is 0. The molecule has 4 nitrogen and oxygen atoms in total. The maximum atomic E-state index is 11.4. The summed E-state index contributed by atoms with van der Waals surface area (Å²) in [6.07, 6.45) is 0. The van der Waals surface area contributed by atoms with E-state index in [1.54, 1.807) is 24.3 Å². The summed E-state index contributed by atoms with van der Waals surface area (Å²) in [5.41, 5.74) is 1.90. The fraction of sp³-hybridized carbons (Fsp3) is 0.167. The van der Waals surface area contributed by atoms with E-state index in [1.807, 2.05) is 6.07 Å². The van der Waals surface area contributed by atoms with Crippen LogP contribution in [0.3, 0.4) is 0 Å². The van der Waals surface area contributed by atoms with Crippen molar-refractivity contribution in [3.05, 3.63) is 41.7 Å². The molecule has 0 saturated heterocycles. The van der Waals surface area contributed by atoms with Crippen LogP contribution in [0.4, 0.5) is 0 Å². The molecule has 1 aromatic heterocycles. The van der Waals surface area contributed by atoms with Crippen molar-refractivity contribution in [2.75, 3.05) is 7.11 Å². The zero-order valence-corrected chi connectivity index (χ0v) is 9.90.